The summed E-state index contributed by atoms with van der Waals surface area (Å²) in [5, 5.41) is 17.0. The summed E-state index contributed by atoms with van der Waals surface area (Å²) in [6.07, 6.45) is 4.95. The van der Waals surface area contributed by atoms with Crippen LogP contribution in [0.2, 0.25) is 0 Å². The van der Waals surface area contributed by atoms with Gasteiger partial charge in [-0.2, -0.15) is 5.26 Å². The van der Waals surface area contributed by atoms with Gasteiger partial charge >= 0.3 is 0 Å². The third-order valence-corrected chi connectivity index (χ3v) is 2.09. The van der Waals surface area contributed by atoms with E-state index in [1.165, 1.54) is 0 Å². The average molecular weight is 248 g/mol. The molecule has 0 bridgehead atoms. The third kappa shape index (κ3) is 4.63. The fraction of sp³-hybridized carbons (Fsp3) is 0.400. The number of anilines is 1. The highest BCUT2D eigenvalue weighted by molar-refractivity contribution is 5.80. The Morgan fingerprint density at radius 2 is 2.22 bits per heavy atom. The average Bonchev–Trinajstić information content (AvgIpc) is 2.39. The van der Waals surface area contributed by atoms with Gasteiger partial charge in [-0.05, 0) is 0 Å². The predicted octanol–water partition coefficient (Wildman–Crippen LogP) is -1.21. The fourth-order valence-corrected chi connectivity index (χ4v) is 1.22. The molecule has 1 aromatic rings. The summed E-state index contributed by atoms with van der Waals surface area (Å²) in [5.74, 6) is 0.873. The second kappa shape index (κ2) is 7.81. The maximum atomic E-state index is 8.42. The van der Waals surface area contributed by atoms with E-state index < -0.39 is 0 Å². The van der Waals surface area contributed by atoms with E-state index in [1.807, 2.05) is 0 Å². The van der Waals surface area contributed by atoms with Crippen LogP contribution in [-0.4, -0.2) is 36.1 Å². The molecule has 0 fully saturated rings. The zero-order chi connectivity index (χ0) is 13.2. The van der Waals surface area contributed by atoms with Crippen LogP contribution in [0.4, 0.5) is 5.82 Å². The Bertz CT molecular complexity index is 436. The molecule has 0 radical (unpaired) electrons. The van der Waals surface area contributed by atoms with Gasteiger partial charge in [0.15, 0.2) is 6.19 Å². The van der Waals surface area contributed by atoms with Gasteiger partial charge in [0.25, 0.3) is 0 Å². The maximum Gasteiger partial charge on any atom is 0.204 e. The van der Waals surface area contributed by atoms with E-state index in [1.54, 1.807) is 25.6 Å². The van der Waals surface area contributed by atoms with Crippen molar-refractivity contribution in [3.05, 3.63) is 18.1 Å². The Labute approximate surface area is 105 Å². The summed E-state index contributed by atoms with van der Waals surface area (Å²) in [6, 6.07) is 0. The number of nitrogen functional groups attached to an aromatic ring is 1. The lowest BCUT2D eigenvalue weighted by atomic mass is 10.4. The summed E-state index contributed by atoms with van der Waals surface area (Å²) in [5.41, 5.74) is 6.37. The van der Waals surface area contributed by atoms with Crippen LogP contribution in [0.25, 0.3) is 0 Å². The van der Waals surface area contributed by atoms with E-state index in [-0.39, 0.29) is 0 Å². The number of guanidine groups is 1. The normalized spacial score (nSPS) is 10.8. The van der Waals surface area contributed by atoms with E-state index >= 15 is 0 Å². The van der Waals surface area contributed by atoms with Crippen molar-refractivity contribution in [3.63, 3.8) is 0 Å². The van der Waals surface area contributed by atoms with Gasteiger partial charge in [0, 0.05) is 39.1 Å². The van der Waals surface area contributed by atoms with Gasteiger partial charge < -0.3 is 16.4 Å². The minimum atomic E-state index is 0.430. The molecule has 5 N–H and O–H groups in total. The standard InChI is InChI=1S/C10H16N8/c1-13-10(18-7-11)17-3-2-14-6-8-9(12)16-5-4-15-8/h4-5,14H,2-3,6H2,1H3,(H2,12,16)(H2,13,17,18). The predicted molar refractivity (Wildman–Crippen MR) is 68.3 cm³/mol. The van der Waals surface area contributed by atoms with Crippen molar-refractivity contribution in [2.75, 3.05) is 25.9 Å². The van der Waals surface area contributed by atoms with Crippen LogP contribution in [-0.2, 0) is 6.54 Å². The number of hydrogen-bond donors (Lipinski definition) is 4. The maximum absolute atomic E-state index is 8.42. The number of hydrogen-bond acceptors (Lipinski definition) is 6. The monoisotopic (exact) mass is 248 g/mol. The quantitative estimate of drug-likeness (QED) is 0.169. The molecule has 0 spiro atoms. The molecule has 0 aromatic carbocycles. The van der Waals surface area contributed by atoms with E-state index in [2.05, 4.69) is 30.9 Å². The number of aromatic nitrogens is 2. The van der Waals surface area contributed by atoms with Crippen LogP contribution in [0.1, 0.15) is 5.69 Å². The second-order valence-electron chi connectivity index (χ2n) is 3.30. The Morgan fingerprint density at radius 3 is 2.89 bits per heavy atom. The van der Waals surface area contributed by atoms with E-state index in [0.717, 1.165) is 5.69 Å². The number of nitrogens with one attached hydrogen (secondary N) is 3. The first-order valence-electron chi connectivity index (χ1n) is 5.39. The van der Waals surface area contributed by atoms with Crippen LogP contribution in [0.5, 0.6) is 0 Å². The van der Waals surface area contributed by atoms with Crippen molar-refractivity contribution in [2.24, 2.45) is 4.99 Å². The van der Waals surface area contributed by atoms with Crippen molar-refractivity contribution in [2.45, 2.75) is 6.54 Å². The molecule has 1 heterocycles. The molecule has 0 amide bonds. The highest BCUT2D eigenvalue weighted by Crippen LogP contribution is 2.00. The van der Waals surface area contributed by atoms with Crippen LogP contribution in [0.15, 0.2) is 17.4 Å². The molecule has 0 saturated heterocycles. The van der Waals surface area contributed by atoms with Gasteiger partial charge in [0.05, 0.1) is 5.69 Å². The molecule has 0 saturated carbocycles. The Balaban J connectivity index is 2.20. The summed E-state index contributed by atoms with van der Waals surface area (Å²) < 4.78 is 0. The molecule has 0 atom stereocenters. The van der Waals surface area contributed by atoms with Crippen molar-refractivity contribution in [1.82, 2.24) is 25.9 Å². The molecular formula is C10H16N8. The number of rotatable bonds is 5. The summed E-state index contributed by atoms with van der Waals surface area (Å²) in [6.45, 7) is 1.86. The van der Waals surface area contributed by atoms with Gasteiger partial charge in [0.1, 0.15) is 5.82 Å². The minimum Gasteiger partial charge on any atom is -0.382 e. The molecule has 0 unspecified atom stereocenters. The van der Waals surface area contributed by atoms with Crippen LogP contribution < -0.4 is 21.7 Å². The Kier molecular flexibility index (Phi) is 5.93. The zero-order valence-electron chi connectivity index (χ0n) is 10.1. The van der Waals surface area contributed by atoms with Crippen molar-refractivity contribution < 1.29 is 0 Å². The summed E-state index contributed by atoms with van der Waals surface area (Å²) >= 11 is 0. The molecule has 18 heavy (non-hydrogen) atoms. The molecular weight excluding hydrogens is 232 g/mol. The van der Waals surface area contributed by atoms with Crippen LogP contribution in [0, 0.1) is 11.5 Å². The molecule has 0 aliphatic carbocycles. The lowest BCUT2D eigenvalue weighted by Gasteiger charge is -2.08. The van der Waals surface area contributed by atoms with Gasteiger partial charge in [-0.3, -0.25) is 15.3 Å². The second-order valence-corrected chi connectivity index (χ2v) is 3.30. The molecule has 0 aliphatic heterocycles. The van der Waals surface area contributed by atoms with E-state index in [0.29, 0.717) is 31.4 Å². The number of aliphatic imine (C=N–C) groups is 1. The lowest BCUT2D eigenvalue weighted by molar-refractivity contribution is 0.658. The highest BCUT2D eigenvalue weighted by atomic mass is 15.2. The summed E-state index contributed by atoms with van der Waals surface area (Å²) in [7, 11) is 1.60. The lowest BCUT2D eigenvalue weighted by Crippen LogP contribution is -2.38. The minimum absolute atomic E-state index is 0.430. The van der Waals surface area contributed by atoms with Gasteiger partial charge in [-0.1, -0.05) is 0 Å². The first kappa shape index (κ1) is 13.7. The van der Waals surface area contributed by atoms with Gasteiger partial charge in [-0.25, -0.2) is 4.98 Å². The van der Waals surface area contributed by atoms with Gasteiger partial charge in [0.2, 0.25) is 5.96 Å². The number of nitriles is 1. The largest absolute Gasteiger partial charge is 0.382 e. The molecule has 0 aliphatic rings. The van der Waals surface area contributed by atoms with Gasteiger partial charge in [-0.15, -0.1) is 0 Å². The molecule has 1 aromatic heterocycles. The molecule has 96 valence electrons. The van der Waals surface area contributed by atoms with Crippen molar-refractivity contribution in [1.29, 1.82) is 5.26 Å². The van der Waals surface area contributed by atoms with Crippen molar-refractivity contribution in [3.8, 4) is 6.19 Å². The highest BCUT2D eigenvalue weighted by Gasteiger charge is 2.00. The number of nitrogens with two attached hydrogens (primary N) is 1. The Morgan fingerprint density at radius 1 is 1.44 bits per heavy atom. The summed E-state index contributed by atoms with van der Waals surface area (Å²) in [4.78, 5) is 11.9. The fourth-order valence-electron chi connectivity index (χ4n) is 1.22. The third-order valence-electron chi connectivity index (χ3n) is 2.09. The molecule has 1 rings (SSSR count). The smallest absolute Gasteiger partial charge is 0.204 e. The SMILES string of the molecule is C/N=C(\NC#N)NCCNCc1nccnc1N. The first-order valence-corrected chi connectivity index (χ1v) is 5.39. The molecule has 8 heteroatoms. The van der Waals surface area contributed by atoms with Crippen molar-refractivity contribution >= 4 is 11.8 Å². The Hall–Kier alpha value is -2.40. The molecule has 8 nitrogen and oxygen atoms in total. The first-order chi connectivity index (χ1) is 8.77. The van der Waals surface area contributed by atoms with Crippen LogP contribution >= 0.6 is 0 Å². The zero-order valence-corrected chi connectivity index (χ0v) is 10.1. The topological polar surface area (TPSA) is 124 Å². The number of nitrogens with zero attached hydrogens (tertiary/aromatic N) is 4. The van der Waals surface area contributed by atoms with Crippen LogP contribution in [0.3, 0.4) is 0 Å². The van der Waals surface area contributed by atoms with E-state index in [9.17, 15) is 0 Å². The van der Waals surface area contributed by atoms with E-state index in [4.69, 9.17) is 11.0 Å².